The first-order valence-electron chi connectivity index (χ1n) is 2.95. The average Bonchev–Trinajstić information content (AvgIpc) is 2.30. The third-order valence-corrected chi connectivity index (χ3v) is 1.24. The maximum absolute atomic E-state index is 8.71. The van der Waals surface area contributed by atoms with Gasteiger partial charge < -0.3 is 9.84 Å². The molecular formula is C6H10N2O2. The summed E-state index contributed by atoms with van der Waals surface area (Å²) in [6.45, 7) is -0.0794. The Labute approximate surface area is 59.0 Å². The van der Waals surface area contributed by atoms with Crippen molar-refractivity contribution in [1.82, 2.24) is 9.78 Å². The summed E-state index contributed by atoms with van der Waals surface area (Å²) in [4.78, 5) is 0. The Hall–Kier alpha value is -1.03. The first kappa shape index (κ1) is 7.08. The summed E-state index contributed by atoms with van der Waals surface area (Å²) in [5.74, 6) is 0.630. The number of aliphatic hydroxyl groups excluding tert-OH is 1. The molecule has 0 unspecified atom stereocenters. The van der Waals surface area contributed by atoms with Gasteiger partial charge in [0.05, 0.1) is 19.9 Å². The van der Waals surface area contributed by atoms with Crippen LogP contribution in [0.1, 0.15) is 5.69 Å². The molecule has 0 fully saturated rings. The highest BCUT2D eigenvalue weighted by atomic mass is 16.5. The second-order valence-corrected chi connectivity index (χ2v) is 1.98. The zero-order chi connectivity index (χ0) is 7.56. The van der Waals surface area contributed by atoms with Crippen LogP contribution >= 0.6 is 0 Å². The maximum Gasteiger partial charge on any atom is 0.162 e. The summed E-state index contributed by atoms with van der Waals surface area (Å²) in [7, 11) is 3.33. The number of aromatic nitrogens is 2. The molecule has 0 atom stereocenters. The number of aryl methyl sites for hydroxylation is 1. The minimum Gasteiger partial charge on any atom is -0.493 e. The summed E-state index contributed by atoms with van der Waals surface area (Å²) in [6, 6.07) is 0. The van der Waals surface area contributed by atoms with Gasteiger partial charge >= 0.3 is 0 Å². The lowest BCUT2D eigenvalue weighted by atomic mass is 10.4. The Balaban J connectivity index is 2.96. The maximum atomic E-state index is 8.71. The number of ether oxygens (including phenoxy) is 1. The molecule has 0 aromatic carbocycles. The van der Waals surface area contributed by atoms with Crippen LogP contribution in [0.25, 0.3) is 0 Å². The van der Waals surface area contributed by atoms with Crippen LogP contribution in [-0.2, 0) is 13.7 Å². The molecule has 0 aliphatic carbocycles. The molecule has 0 radical (unpaired) electrons. The molecule has 1 N–H and O–H groups in total. The smallest absolute Gasteiger partial charge is 0.162 e. The van der Waals surface area contributed by atoms with Crippen molar-refractivity contribution in [3.05, 3.63) is 11.9 Å². The quantitative estimate of drug-likeness (QED) is 0.628. The highest BCUT2D eigenvalue weighted by molar-refractivity contribution is 5.23. The molecule has 1 aromatic rings. The Morgan fingerprint density at radius 3 is 2.90 bits per heavy atom. The van der Waals surface area contributed by atoms with Crippen LogP contribution in [0.15, 0.2) is 6.20 Å². The summed E-state index contributed by atoms with van der Waals surface area (Å²) < 4.78 is 6.52. The molecule has 0 bridgehead atoms. The van der Waals surface area contributed by atoms with Gasteiger partial charge in [-0.15, -0.1) is 0 Å². The normalized spacial score (nSPS) is 9.90. The second kappa shape index (κ2) is 2.70. The van der Waals surface area contributed by atoms with Crippen LogP contribution in [0.2, 0.25) is 0 Å². The summed E-state index contributed by atoms with van der Waals surface area (Å²) >= 11 is 0. The van der Waals surface area contributed by atoms with Crippen molar-refractivity contribution < 1.29 is 9.84 Å². The molecule has 0 aliphatic rings. The number of hydrogen-bond acceptors (Lipinski definition) is 3. The first-order chi connectivity index (χ1) is 4.77. The van der Waals surface area contributed by atoms with Crippen LogP contribution in [0.5, 0.6) is 5.75 Å². The standard InChI is InChI=1S/C6H10N2O2/c1-8-3-6(10-2)5(4-9)7-8/h3,9H,4H2,1-2H3. The fourth-order valence-electron chi connectivity index (χ4n) is 0.793. The largest absolute Gasteiger partial charge is 0.493 e. The molecule has 1 heterocycles. The Morgan fingerprint density at radius 1 is 1.80 bits per heavy atom. The highest BCUT2D eigenvalue weighted by Gasteiger charge is 2.04. The zero-order valence-corrected chi connectivity index (χ0v) is 6.03. The predicted molar refractivity (Wildman–Crippen MR) is 35.7 cm³/mol. The van der Waals surface area contributed by atoms with Crippen LogP contribution < -0.4 is 4.74 Å². The molecule has 0 aliphatic heterocycles. The molecule has 4 nitrogen and oxygen atoms in total. The van der Waals surface area contributed by atoms with E-state index in [-0.39, 0.29) is 6.61 Å². The van der Waals surface area contributed by atoms with E-state index in [0.717, 1.165) is 0 Å². The Kier molecular flexibility index (Phi) is 1.91. The summed E-state index contributed by atoms with van der Waals surface area (Å²) in [5.41, 5.74) is 0.574. The molecule has 0 amide bonds. The van der Waals surface area contributed by atoms with Crippen molar-refractivity contribution in [1.29, 1.82) is 0 Å². The van der Waals surface area contributed by atoms with E-state index in [2.05, 4.69) is 5.10 Å². The van der Waals surface area contributed by atoms with Gasteiger partial charge in [0, 0.05) is 7.05 Å². The van der Waals surface area contributed by atoms with Gasteiger partial charge in [0.2, 0.25) is 0 Å². The van der Waals surface area contributed by atoms with Crippen LogP contribution in [0, 0.1) is 0 Å². The van der Waals surface area contributed by atoms with E-state index in [4.69, 9.17) is 9.84 Å². The van der Waals surface area contributed by atoms with Gasteiger partial charge in [0.15, 0.2) is 5.75 Å². The lowest BCUT2D eigenvalue weighted by molar-refractivity contribution is 0.268. The first-order valence-corrected chi connectivity index (χ1v) is 2.95. The van der Waals surface area contributed by atoms with Gasteiger partial charge in [-0.2, -0.15) is 5.10 Å². The van der Waals surface area contributed by atoms with E-state index in [0.29, 0.717) is 11.4 Å². The van der Waals surface area contributed by atoms with Crippen molar-refractivity contribution in [2.24, 2.45) is 7.05 Å². The van der Waals surface area contributed by atoms with Crippen LogP contribution in [-0.4, -0.2) is 22.0 Å². The van der Waals surface area contributed by atoms with Gasteiger partial charge in [0.25, 0.3) is 0 Å². The van der Waals surface area contributed by atoms with E-state index >= 15 is 0 Å². The molecule has 0 saturated heterocycles. The molecule has 10 heavy (non-hydrogen) atoms. The SMILES string of the molecule is COc1cn(C)nc1CO. The minimum absolute atomic E-state index is 0.0794. The fraction of sp³-hybridized carbons (Fsp3) is 0.500. The predicted octanol–water partition coefficient (Wildman–Crippen LogP) is -0.0790. The van der Waals surface area contributed by atoms with Crippen molar-refractivity contribution >= 4 is 0 Å². The minimum atomic E-state index is -0.0794. The summed E-state index contributed by atoms with van der Waals surface area (Å²) in [6.07, 6.45) is 1.71. The lowest BCUT2D eigenvalue weighted by Crippen LogP contribution is -1.91. The molecule has 1 rings (SSSR count). The average molecular weight is 142 g/mol. The molecule has 4 heteroatoms. The van der Waals surface area contributed by atoms with E-state index in [1.54, 1.807) is 25.0 Å². The van der Waals surface area contributed by atoms with Crippen molar-refractivity contribution in [2.45, 2.75) is 6.61 Å². The second-order valence-electron chi connectivity index (χ2n) is 1.98. The van der Waals surface area contributed by atoms with E-state index < -0.39 is 0 Å². The monoisotopic (exact) mass is 142 g/mol. The zero-order valence-electron chi connectivity index (χ0n) is 6.03. The molecule has 0 spiro atoms. The van der Waals surface area contributed by atoms with E-state index in [1.165, 1.54) is 0 Å². The van der Waals surface area contributed by atoms with Gasteiger partial charge in [0.1, 0.15) is 5.69 Å². The van der Waals surface area contributed by atoms with E-state index in [9.17, 15) is 0 Å². The van der Waals surface area contributed by atoms with E-state index in [1.807, 2.05) is 0 Å². The van der Waals surface area contributed by atoms with Crippen molar-refractivity contribution in [3.8, 4) is 5.75 Å². The summed E-state index contributed by atoms with van der Waals surface area (Å²) in [5, 5.41) is 12.6. The van der Waals surface area contributed by atoms with Gasteiger partial charge in [-0.3, -0.25) is 4.68 Å². The number of aliphatic hydroxyl groups is 1. The Morgan fingerprint density at radius 2 is 2.50 bits per heavy atom. The van der Waals surface area contributed by atoms with Crippen LogP contribution in [0.3, 0.4) is 0 Å². The fourth-order valence-corrected chi connectivity index (χ4v) is 0.793. The molecular weight excluding hydrogens is 132 g/mol. The third-order valence-electron chi connectivity index (χ3n) is 1.24. The number of nitrogens with zero attached hydrogens (tertiary/aromatic N) is 2. The van der Waals surface area contributed by atoms with Crippen molar-refractivity contribution in [3.63, 3.8) is 0 Å². The number of methoxy groups -OCH3 is 1. The molecule has 56 valence electrons. The highest BCUT2D eigenvalue weighted by Crippen LogP contribution is 2.14. The molecule has 1 aromatic heterocycles. The van der Waals surface area contributed by atoms with Gasteiger partial charge in [-0.25, -0.2) is 0 Å². The topological polar surface area (TPSA) is 47.3 Å². The lowest BCUT2D eigenvalue weighted by Gasteiger charge is -1.93. The van der Waals surface area contributed by atoms with Gasteiger partial charge in [-0.1, -0.05) is 0 Å². The van der Waals surface area contributed by atoms with Gasteiger partial charge in [-0.05, 0) is 0 Å². The number of hydrogen-bond donors (Lipinski definition) is 1. The van der Waals surface area contributed by atoms with Crippen LogP contribution in [0.4, 0.5) is 0 Å². The van der Waals surface area contributed by atoms with Crippen molar-refractivity contribution in [2.75, 3.05) is 7.11 Å². The Bertz CT molecular complexity index is 198. The molecule has 0 saturated carbocycles. The third kappa shape index (κ3) is 1.11. The number of rotatable bonds is 2.